The van der Waals surface area contributed by atoms with Gasteiger partial charge in [0.2, 0.25) is 0 Å². The summed E-state index contributed by atoms with van der Waals surface area (Å²) in [7, 11) is 0. The molecule has 0 amide bonds. The molecule has 2 aliphatic carbocycles. The molecule has 0 heterocycles. The summed E-state index contributed by atoms with van der Waals surface area (Å²) in [6, 6.07) is 0. The van der Waals surface area contributed by atoms with Crippen molar-refractivity contribution >= 4 is 5.78 Å². The zero-order valence-corrected chi connectivity index (χ0v) is 11.0. The van der Waals surface area contributed by atoms with Gasteiger partial charge in [-0.25, -0.2) is 0 Å². The van der Waals surface area contributed by atoms with Crippen molar-refractivity contribution in [3.05, 3.63) is 23.8 Å². The van der Waals surface area contributed by atoms with E-state index in [0.29, 0.717) is 12.3 Å². The van der Waals surface area contributed by atoms with E-state index in [4.69, 9.17) is 0 Å². The summed E-state index contributed by atoms with van der Waals surface area (Å²) in [4.78, 5) is 12.0. The van der Waals surface area contributed by atoms with Gasteiger partial charge in [-0.2, -0.15) is 0 Å². The third kappa shape index (κ3) is 2.11. The van der Waals surface area contributed by atoms with E-state index in [2.05, 4.69) is 20.4 Å². The second-order valence-electron chi connectivity index (χ2n) is 6.11. The van der Waals surface area contributed by atoms with E-state index in [0.717, 1.165) is 24.0 Å². The Hall–Kier alpha value is -0.890. The number of ketones is 1. The first-order valence-electron chi connectivity index (χ1n) is 6.41. The molecule has 0 aromatic heterocycles. The highest BCUT2D eigenvalue weighted by Crippen LogP contribution is 2.62. The van der Waals surface area contributed by atoms with Crippen LogP contribution < -0.4 is 0 Å². The summed E-state index contributed by atoms with van der Waals surface area (Å²) >= 11 is 0. The number of rotatable bonds is 0. The highest BCUT2D eigenvalue weighted by atomic mass is 16.3. The zero-order chi connectivity index (χ0) is 12.8. The van der Waals surface area contributed by atoms with Gasteiger partial charge in [-0.05, 0) is 48.2 Å². The van der Waals surface area contributed by atoms with E-state index in [1.165, 1.54) is 0 Å². The molecular weight excluding hydrogens is 212 g/mol. The quantitative estimate of drug-likeness (QED) is 0.654. The lowest BCUT2D eigenvalue weighted by Gasteiger charge is -2.15. The maximum atomic E-state index is 12.0. The average molecular weight is 234 g/mol. The summed E-state index contributed by atoms with van der Waals surface area (Å²) in [5.41, 5.74) is 1.86. The number of Topliss-reactive ketones (excluding diaryl/α,β-unsaturated/α-hetero) is 1. The highest BCUT2D eigenvalue weighted by molar-refractivity contribution is 5.95. The van der Waals surface area contributed by atoms with Gasteiger partial charge in [0.25, 0.3) is 0 Å². The molecule has 94 valence electrons. The molecule has 2 aliphatic rings. The molecule has 0 bridgehead atoms. The largest absolute Gasteiger partial charge is 0.388 e. The van der Waals surface area contributed by atoms with Gasteiger partial charge in [0, 0.05) is 6.42 Å². The Kier molecular flexibility index (Phi) is 3.03. The van der Waals surface area contributed by atoms with Crippen LogP contribution in [-0.4, -0.2) is 17.0 Å². The van der Waals surface area contributed by atoms with Crippen LogP contribution in [0.5, 0.6) is 0 Å². The van der Waals surface area contributed by atoms with Gasteiger partial charge in [0.05, 0.1) is 6.10 Å². The minimum absolute atomic E-state index is 0.0721. The molecule has 0 unspecified atom stereocenters. The predicted molar refractivity (Wildman–Crippen MR) is 68.5 cm³/mol. The molecule has 17 heavy (non-hydrogen) atoms. The maximum Gasteiger partial charge on any atom is 0.158 e. The van der Waals surface area contributed by atoms with Crippen LogP contribution in [0.25, 0.3) is 0 Å². The summed E-state index contributed by atoms with van der Waals surface area (Å²) in [5.74, 6) is 0.762. The number of carbonyl (C=O) groups excluding carboxylic acids is 1. The smallest absolute Gasteiger partial charge is 0.158 e. The van der Waals surface area contributed by atoms with E-state index in [9.17, 15) is 9.90 Å². The molecule has 2 rings (SSSR count). The summed E-state index contributed by atoms with van der Waals surface area (Å²) in [5, 5.41) is 10.3. The maximum absolute atomic E-state index is 12.0. The SMILES string of the molecule is C=C1CC/C=C(\C)C(=O)C[C@H]2[C@@H]([C@@H]1O)C2(C)C. The van der Waals surface area contributed by atoms with E-state index in [1.54, 1.807) is 0 Å². The number of hydrogen-bond donors (Lipinski definition) is 1. The third-order valence-corrected chi connectivity index (χ3v) is 4.66. The Balaban J connectivity index is 2.25. The molecule has 0 aliphatic heterocycles. The van der Waals surface area contributed by atoms with Crippen LogP contribution >= 0.6 is 0 Å². The fraction of sp³-hybridized carbons (Fsp3) is 0.667. The van der Waals surface area contributed by atoms with Crippen molar-refractivity contribution < 1.29 is 9.90 Å². The Labute approximate surface area is 103 Å². The minimum Gasteiger partial charge on any atom is -0.388 e. The van der Waals surface area contributed by atoms with Crippen LogP contribution in [0.15, 0.2) is 23.8 Å². The Bertz CT molecular complexity index is 390. The van der Waals surface area contributed by atoms with E-state index < -0.39 is 6.10 Å². The van der Waals surface area contributed by atoms with E-state index >= 15 is 0 Å². The summed E-state index contributed by atoms with van der Waals surface area (Å²) in [6.07, 6.45) is 3.71. The lowest BCUT2D eigenvalue weighted by atomic mass is 9.95. The third-order valence-electron chi connectivity index (χ3n) is 4.66. The van der Waals surface area contributed by atoms with Gasteiger partial charge in [0.1, 0.15) is 0 Å². The lowest BCUT2D eigenvalue weighted by Crippen LogP contribution is -2.17. The molecule has 3 atom stereocenters. The molecule has 0 aromatic rings. The lowest BCUT2D eigenvalue weighted by molar-refractivity contribution is -0.116. The monoisotopic (exact) mass is 234 g/mol. The molecule has 0 aromatic carbocycles. The Morgan fingerprint density at radius 2 is 2.12 bits per heavy atom. The van der Waals surface area contributed by atoms with Crippen molar-refractivity contribution in [3.8, 4) is 0 Å². The van der Waals surface area contributed by atoms with Crippen molar-refractivity contribution in [2.45, 2.75) is 46.1 Å². The summed E-state index contributed by atoms with van der Waals surface area (Å²) < 4.78 is 0. The molecule has 1 saturated carbocycles. The number of allylic oxidation sites excluding steroid dienone is 2. The van der Waals surface area contributed by atoms with Crippen molar-refractivity contribution in [3.63, 3.8) is 0 Å². The number of fused-ring (bicyclic) bond motifs is 1. The molecule has 2 heteroatoms. The first-order valence-corrected chi connectivity index (χ1v) is 6.41. The van der Waals surface area contributed by atoms with Crippen LogP contribution in [-0.2, 0) is 4.79 Å². The fourth-order valence-corrected chi connectivity index (χ4v) is 3.15. The van der Waals surface area contributed by atoms with Crippen molar-refractivity contribution in [1.82, 2.24) is 0 Å². The minimum atomic E-state index is -0.436. The molecule has 1 fully saturated rings. The van der Waals surface area contributed by atoms with Gasteiger partial charge < -0.3 is 5.11 Å². The first-order chi connectivity index (χ1) is 7.85. The first kappa shape index (κ1) is 12.6. The summed E-state index contributed by atoms with van der Waals surface area (Å²) in [6.45, 7) is 10.2. The number of carbonyl (C=O) groups is 1. The van der Waals surface area contributed by atoms with Crippen molar-refractivity contribution in [2.75, 3.05) is 0 Å². The van der Waals surface area contributed by atoms with Gasteiger partial charge in [-0.15, -0.1) is 0 Å². The van der Waals surface area contributed by atoms with Crippen LogP contribution in [0, 0.1) is 17.3 Å². The molecule has 0 radical (unpaired) electrons. The topological polar surface area (TPSA) is 37.3 Å². The van der Waals surface area contributed by atoms with Gasteiger partial charge >= 0.3 is 0 Å². The van der Waals surface area contributed by atoms with Crippen LogP contribution in [0.1, 0.15) is 40.0 Å². The number of aliphatic hydroxyl groups excluding tert-OH is 1. The normalized spacial score (nSPS) is 40.2. The van der Waals surface area contributed by atoms with E-state index in [1.807, 2.05) is 13.0 Å². The Morgan fingerprint density at radius 1 is 1.47 bits per heavy atom. The van der Waals surface area contributed by atoms with Crippen LogP contribution in [0.2, 0.25) is 0 Å². The molecule has 0 spiro atoms. The second kappa shape index (κ2) is 4.09. The van der Waals surface area contributed by atoms with Crippen molar-refractivity contribution in [1.29, 1.82) is 0 Å². The molecule has 0 saturated heterocycles. The molecule has 2 nitrogen and oxygen atoms in total. The van der Waals surface area contributed by atoms with Crippen LogP contribution in [0.4, 0.5) is 0 Å². The fourth-order valence-electron chi connectivity index (χ4n) is 3.15. The highest BCUT2D eigenvalue weighted by Gasteiger charge is 2.61. The molecular formula is C15H22O2. The standard InChI is InChI=1S/C15H22O2/c1-9-6-5-7-10(2)14(17)13-11(8-12(9)16)15(13,3)4/h6,11,13-14,17H,2,5,7-8H2,1,3-4H3/b9-6+/t11-,13-,14+/m0/s1. The second-order valence-corrected chi connectivity index (χ2v) is 6.11. The zero-order valence-electron chi connectivity index (χ0n) is 11.0. The van der Waals surface area contributed by atoms with E-state index in [-0.39, 0.29) is 17.1 Å². The number of hydrogen-bond acceptors (Lipinski definition) is 2. The Morgan fingerprint density at radius 3 is 2.76 bits per heavy atom. The van der Waals surface area contributed by atoms with Crippen LogP contribution in [0.3, 0.4) is 0 Å². The van der Waals surface area contributed by atoms with Gasteiger partial charge in [-0.3, -0.25) is 4.79 Å². The predicted octanol–water partition coefficient (Wildman–Crippen LogP) is 2.88. The molecule has 1 N–H and O–H groups in total. The van der Waals surface area contributed by atoms with Gasteiger partial charge in [-0.1, -0.05) is 26.5 Å². The average Bonchev–Trinajstić information content (AvgIpc) is 2.78. The van der Waals surface area contributed by atoms with Crippen molar-refractivity contribution in [2.24, 2.45) is 17.3 Å². The van der Waals surface area contributed by atoms with Gasteiger partial charge in [0.15, 0.2) is 5.78 Å². The number of aliphatic hydroxyl groups is 1.